The van der Waals surface area contributed by atoms with Gasteiger partial charge >= 0.3 is 0 Å². The molecule has 0 saturated carbocycles. The molecule has 12 aromatic rings. The van der Waals surface area contributed by atoms with Crippen LogP contribution < -0.4 is 4.90 Å². The second-order valence-corrected chi connectivity index (χ2v) is 19.1. The summed E-state index contributed by atoms with van der Waals surface area (Å²) >= 11 is 0. The first kappa shape index (κ1) is 41.0. The molecule has 332 valence electrons. The molecule has 0 heterocycles. The number of hydrogen-bond acceptors (Lipinski definition) is 1. The number of fused-ring (bicyclic) bond motifs is 9. The second-order valence-electron chi connectivity index (χ2n) is 19.1. The Morgan fingerprint density at radius 1 is 0.225 bits per heavy atom. The van der Waals surface area contributed by atoms with Crippen LogP contribution in [0.25, 0.3) is 54.9 Å². The van der Waals surface area contributed by atoms with Gasteiger partial charge in [-0.3, -0.25) is 0 Å². The van der Waals surface area contributed by atoms with E-state index in [9.17, 15) is 0 Å². The van der Waals surface area contributed by atoms with Crippen molar-refractivity contribution >= 4 is 38.6 Å². The molecule has 14 rings (SSSR count). The Kier molecular flexibility index (Phi) is 9.41. The summed E-state index contributed by atoms with van der Waals surface area (Å²) in [6.07, 6.45) is 0. The Morgan fingerprint density at radius 3 is 1.08 bits per heavy atom. The lowest BCUT2D eigenvalue weighted by Gasteiger charge is -2.36. The van der Waals surface area contributed by atoms with Crippen molar-refractivity contribution < 1.29 is 0 Å². The first-order valence-electron chi connectivity index (χ1n) is 24.8. The van der Waals surface area contributed by atoms with Crippen molar-refractivity contribution in [2.45, 2.75) is 10.8 Å². The van der Waals surface area contributed by atoms with Crippen molar-refractivity contribution in [1.82, 2.24) is 0 Å². The predicted molar refractivity (Wildman–Crippen MR) is 296 cm³/mol. The van der Waals surface area contributed by atoms with Crippen LogP contribution in [0.5, 0.6) is 0 Å². The molecule has 0 spiro atoms. The molecule has 0 radical (unpaired) electrons. The van der Waals surface area contributed by atoms with E-state index in [0.29, 0.717) is 0 Å². The summed E-state index contributed by atoms with van der Waals surface area (Å²) in [7, 11) is 0. The Labute approximate surface area is 415 Å². The minimum absolute atomic E-state index is 0.570. The molecule has 2 aliphatic carbocycles. The summed E-state index contributed by atoms with van der Waals surface area (Å²) in [6.45, 7) is 0. The van der Waals surface area contributed by atoms with E-state index in [-0.39, 0.29) is 0 Å². The third-order valence-corrected chi connectivity index (χ3v) is 15.6. The van der Waals surface area contributed by atoms with E-state index in [2.05, 4.69) is 290 Å². The highest BCUT2D eigenvalue weighted by atomic mass is 15.1. The summed E-state index contributed by atoms with van der Waals surface area (Å²) in [5.74, 6) is 0. The van der Waals surface area contributed by atoms with Crippen LogP contribution in [-0.4, -0.2) is 0 Å². The quantitative estimate of drug-likeness (QED) is 0.137. The standard InChI is InChI=1S/C70H47N/c1-5-24-49(25-6-1)69(50-26-7-2-8-27-50)64-38-20-17-35-58(64)60-43-41-53(46-66(60)69)71(68-40-22-19-37-62(68)63-45-48-23-13-14-32-55(48)56-33-15-16-34-57(56)63)54-42-44-61-59-36-18-21-39-65(59)70(67(61)47-54,51-28-9-3-10-29-51)52-30-11-4-12-31-52/h1-47H. The molecule has 1 heteroatoms. The molecule has 0 fully saturated rings. The van der Waals surface area contributed by atoms with Gasteiger partial charge in [0, 0.05) is 16.9 Å². The fourth-order valence-corrected chi connectivity index (χ4v) is 12.7. The maximum absolute atomic E-state index is 2.55. The fraction of sp³-hybridized carbons (Fsp3) is 0.0286. The van der Waals surface area contributed by atoms with Crippen LogP contribution in [0.2, 0.25) is 0 Å². The molecule has 0 bridgehead atoms. The van der Waals surface area contributed by atoms with Gasteiger partial charge in [0.1, 0.15) is 0 Å². The third-order valence-electron chi connectivity index (χ3n) is 15.6. The highest BCUT2D eigenvalue weighted by molar-refractivity contribution is 6.15. The van der Waals surface area contributed by atoms with Gasteiger partial charge < -0.3 is 4.90 Å². The first-order valence-corrected chi connectivity index (χ1v) is 24.8. The average Bonchev–Trinajstić information content (AvgIpc) is 3.92. The Morgan fingerprint density at radius 2 is 0.592 bits per heavy atom. The van der Waals surface area contributed by atoms with Crippen LogP contribution in [0.3, 0.4) is 0 Å². The molecule has 0 N–H and O–H groups in total. The second kappa shape index (κ2) is 16.3. The summed E-state index contributed by atoms with van der Waals surface area (Å²) in [5.41, 5.74) is 19.7. The maximum Gasteiger partial charge on any atom is 0.0714 e. The number of benzene rings is 12. The zero-order valence-electron chi connectivity index (χ0n) is 39.1. The fourth-order valence-electron chi connectivity index (χ4n) is 12.7. The lowest BCUT2D eigenvalue weighted by atomic mass is 9.67. The summed E-state index contributed by atoms with van der Waals surface area (Å²) in [4.78, 5) is 2.55. The van der Waals surface area contributed by atoms with Crippen molar-refractivity contribution in [1.29, 1.82) is 0 Å². The van der Waals surface area contributed by atoms with Crippen LogP contribution in [0.15, 0.2) is 285 Å². The third kappa shape index (κ3) is 6.00. The minimum Gasteiger partial charge on any atom is -0.310 e. The van der Waals surface area contributed by atoms with Crippen molar-refractivity contribution in [3.05, 3.63) is 330 Å². The van der Waals surface area contributed by atoms with Crippen LogP contribution in [0.4, 0.5) is 17.1 Å². The van der Waals surface area contributed by atoms with Crippen molar-refractivity contribution in [2.75, 3.05) is 4.90 Å². The molecular formula is C70H47N. The molecule has 2 aliphatic rings. The Bertz CT molecular complexity index is 3730. The van der Waals surface area contributed by atoms with Gasteiger partial charge in [-0.2, -0.15) is 0 Å². The van der Waals surface area contributed by atoms with E-state index >= 15 is 0 Å². The summed E-state index contributed by atoms with van der Waals surface area (Å²) in [5, 5.41) is 4.96. The van der Waals surface area contributed by atoms with Gasteiger partial charge in [-0.1, -0.05) is 249 Å². The summed E-state index contributed by atoms with van der Waals surface area (Å²) < 4.78 is 0. The van der Waals surface area contributed by atoms with Gasteiger partial charge in [0.05, 0.1) is 16.5 Å². The highest BCUT2D eigenvalue weighted by Crippen LogP contribution is 2.60. The Balaban J connectivity index is 1.09. The van der Waals surface area contributed by atoms with Gasteiger partial charge in [0.25, 0.3) is 0 Å². The molecular weight excluding hydrogens is 855 g/mol. The maximum atomic E-state index is 2.55. The van der Waals surface area contributed by atoms with Gasteiger partial charge in [0.15, 0.2) is 0 Å². The molecule has 0 saturated heterocycles. The minimum atomic E-state index is -0.570. The van der Waals surface area contributed by atoms with Gasteiger partial charge in [-0.15, -0.1) is 0 Å². The molecule has 0 atom stereocenters. The molecule has 71 heavy (non-hydrogen) atoms. The number of rotatable bonds is 8. The first-order chi connectivity index (χ1) is 35.2. The monoisotopic (exact) mass is 901 g/mol. The van der Waals surface area contributed by atoms with E-state index in [1.165, 1.54) is 93.9 Å². The van der Waals surface area contributed by atoms with Gasteiger partial charge in [-0.25, -0.2) is 0 Å². The van der Waals surface area contributed by atoms with Crippen LogP contribution in [0.1, 0.15) is 44.5 Å². The van der Waals surface area contributed by atoms with Crippen LogP contribution in [0, 0.1) is 0 Å². The lowest BCUT2D eigenvalue weighted by molar-refractivity contribution is 0.767. The molecule has 0 aromatic heterocycles. The predicted octanol–water partition coefficient (Wildman–Crippen LogP) is 17.9. The van der Waals surface area contributed by atoms with E-state index in [0.717, 1.165) is 22.6 Å². The summed E-state index contributed by atoms with van der Waals surface area (Å²) in [6, 6.07) is 106. The van der Waals surface area contributed by atoms with Crippen molar-refractivity contribution in [3.63, 3.8) is 0 Å². The van der Waals surface area contributed by atoms with Crippen LogP contribution in [-0.2, 0) is 10.8 Å². The lowest BCUT2D eigenvalue weighted by Crippen LogP contribution is -2.29. The Hall–Kier alpha value is -9.04. The molecule has 1 nitrogen and oxygen atoms in total. The van der Waals surface area contributed by atoms with E-state index in [4.69, 9.17) is 0 Å². The molecule has 12 aromatic carbocycles. The molecule has 0 amide bonds. The zero-order valence-corrected chi connectivity index (χ0v) is 39.1. The van der Waals surface area contributed by atoms with Crippen molar-refractivity contribution in [2.24, 2.45) is 0 Å². The zero-order chi connectivity index (χ0) is 46.9. The van der Waals surface area contributed by atoms with E-state index in [1.807, 2.05) is 0 Å². The largest absolute Gasteiger partial charge is 0.310 e. The van der Waals surface area contributed by atoms with E-state index in [1.54, 1.807) is 0 Å². The number of hydrogen-bond donors (Lipinski definition) is 0. The van der Waals surface area contributed by atoms with Crippen molar-refractivity contribution in [3.8, 4) is 33.4 Å². The number of nitrogens with zero attached hydrogens (tertiary/aromatic N) is 1. The number of para-hydroxylation sites is 1. The van der Waals surface area contributed by atoms with Gasteiger partial charge in [-0.05, 0) is 130 Å². The topological polar surface area (TPSA) is 3.24 Å². The number of anilines is 3. The average molecular weight is 902 g/mol. The highest BCUT2D eigenvalue weighted by Gasteiger charge is 2.48. The SMILES string of the molecule is c1ccc(C2(c3ccccc3)c3ccccc3-c3ccc(N(c4ccc5c(c4)C(c4ccccc4)(c4ccccc4)c4ccccc4-5)c4ccccc4-c4cc5ccccc5c5ccccc45)cc32)cc1. The molecule has 0 unspecified atom stereocenters. The van der Waals surface area contributed by atoms with Gasteiger partial charge in [0.2, 0.25) is 0 Å². The molecule has 0 aliphatic heterocycles. The van der Waals surface area contributed by atoms with E-state index < -0.39 is 10.8 Å². The normalized spacial score (nSPS) is 13.6. The van der Waals surface area contributed by atoms with Crippen LogP contribution >= 0.6 is 0 Å². The smallest absolute Gasteiger partial charge is 0.0714 e.